The van der Waals surface area contributed by atoms with Crippen LogP contribution in [0, 0.1) is 0 Å². The van der Waals surface area contributed by atoms with Gasteiger partial charge in [0.05, 0.1) is 5.52 Å². The average molecular weight is 477 g/mol. The number of nitrogens with one attached hydrogen (secondary N) is 2. The van der Waals surface area contributed by atoms with Crippen LogP contribution in [-0.2, 0) is 0 Å². The number of aromatic amines is 2. The summed E-state index contributed by atoms with van der Waals surface area (Å²) in [6, 6.07) is 3.21. The minimum Gasteiger partial charge on any atom is -0.359 e. The molecule has 1 fully saturated rings. The van der Waals surface area contributed by atoms with E-state index >= 15 is 0 Å². The summed E-state index contributed by atoms with van der Waals surface area (Å²) in [6.45, 7) is 8.85. The van der Waals surface area contributed by atoms with Crippen LogP contribution in [0.5, 0.6) is 0 Å². The molecule has 5 heterocycles. The first-order chi connectivity index (χ1) is 16.5. The molecule has 1 aliphatic rings. The SMILES string of the molecule is C/C=C(\C=NC)c1cnc(-c2nc3sc(N(C)C4CCN(C(C)C)CC4)nc3[nH]2)c2[nH]ccc12. The molecular weight excluding hydrogens is 444 g/mol. The fourth-order valence-corrected chi connectivity index (χ4v) is 5.74. The third-order valence-electron chi connectivity index (χ3n) is 6.84. The van der Waals surface area contributed by atoms with Crippen molar-refractivity contribution in [1.82, 2.24) is 29.8 Å². The van der Waals surface area contributed by atoms with Gasteiger partial charge in [-0.25, -0.2) is 9.97 Å². The summed E-state index contributed by atoms with van der Waals surface area (Å²) < 4.78 is 0. The molecule has 1 saturated heterocycles. The van der Waals surface area contributed by atoms with Crippen LogP contribution >= 0.6 is 11.3 Å². The summed E-state index contributed by atoms with van der Waals surface area (Å²) >= 11 is 1.64. The number of fused-ring (bicyclic) bond motifs is 2. The Hall–Kier alpha value is -3.04. The number of rotatable bonds is 6. The fraction of sp³-hybridized carbons (Fsp3) is 0.440. The second-order valence-electron chi connectivity index (χ2n) is 9.13. The van der Waals surface area contributed by atoms with Gasteiger partial charge in [-0.3, -0.25) is 9.98 Å². The zero-order valence-corrected chi connectivity index (χ0v) is 21.3. The van der Waals surface area contributed by atoms with E-state index in [1.54, 1.807) is 18.4 Å². The molecule has 0 atom stereocenters. The smallest absolute Gasteiger partial charge is 0.189 e. The van der Waals surface area contributed by atoms with Crippen LogP contribution in [0.25, 0.3) is 38.5 Å². The Morgan fingerprint density at radius 1 is 1.29 bits per heavy atom. The highest BCUT2D eigenvalue weighted by molar-refractivity contribution is 7.21. The lowest BCUT2D eigenvalue weighted by Gasteiger charge is -2.38. The van der Waals surface area contributed by atoms with E-state index in [1.807, 2.05) is 31.6 Å². The first kappa shape index (κ1) is 22.7. The molecule has 0 aliphatic carbocycles. The summed E-state index contributed by atoms with van der Waals surface area (Å²) in [5, 5.41) is 2.12. The molecule has 0 spiro atoms. The Bertz CT molecular complexity index is 1320. The Morgan fingerprint density at radius 2 is 2.09 bits per heavy atom. The minimum absolute atomic E-state index is 0.518. The molecule has 178 valence electrons. The highest BCUT2D eigenvalue weighted by Gasteiger charge is 2.26. The second kappa shape index (κ2) is 9.31. The van der Waals surface area contributed by atoms with Crippen molar-refractivity contribution < 1.29 is 0 Å². The third-order valence-corrected chi connectivity index (χ3v) is 7.88. The van der Waals surface area contributed by atoms with Gasteiger partial charge >= 0.3 is 0 Å². The zero-order chi connectivity index (χ0) is 23.8. The van der Waals surface area contributed by atoms with Gasteiger partial charge in [0.2, 0.25) is 0 Å². The lowest BCUT2D eigenvalue weighted by atomic mass is 10.0. The number of hydrogen-bond donors (Lipinski definition) is 2. The number of piperidine rings is 1. The maximum atomic E-state index is 4.89. The van der Waals surface area contributed by atoms with Crippen molar-refractivity contribution >= 4 is 49.6 Å². The molecular formula is C25H32N8S. The highest BCUT2D eigenvalue weighted by Crippen LogP contribution is 2.34. The summed E-state index contributed by atoms with van der Waals surface area (Å²) in [5.41, 5.74) is 4.66. The van der Waals surface area contributed by atoms with Gasteiger partial charge in [-0.2, -0.15) is 0 Å². The molecule has 0 bridgehead atoms. The number of allylic oxidation sites excluding steroid dienone is 2. The van der Waals surface area contributed by atoms with Gasteiger partial charge in [0.15, 0.2) is 21.4 Å². The van der Waals surface area contributed by atoms with Crippen molar-refractivity contribution in [3.63, 3.8) is 0 Å². The molecule has 34 heavy (non-hydrogen) atoms. The summed E-state index contributed by atoms with van der Waals surface area (Å²) in [5.74, 6) is 0.735. The zero-order valence-electron chi connectivity index (χ0n) is 20.5. The predicted molar refractivity (Wildman–Crippen MR) is 143 cm³/mol. The average Bonchev–Trinajstić information content (AvgIpc) is 3.57. The number of pyridine rings is 1. The van der Waals surface area contributed by atoms with Crippen molar-refractivity contribution in [3.05, 3.63) is 30.1 Å². The van der Waals surface area contributed by atoms with Crippen LogP contribution in [0.2, 0.25) is 0 Å². The Balaban J connectivity index is 1.41. The number of aromatic nitrogens is 5. The van der Waals surface area contributed by atoms with E-state index in [1.165, 1.54) is 12.8 Å². The fourth-order valence-electron chi connectivity index (χ4n) is 4.81. The largest absolute Gasteiger partial charge is 0.359 e. The summed E-state index contributed by atoms with van der Waals surface area (Å²) in [7, 11) is 3.94. The maximum absolute atomic E-state index is 4.89. The highest BCUT2D eigenvalue weighted by atomic mass is 32.1. The van der Waals surface area contributed by atoms with Crippen molar-refractivity contribution in [1.29, 1.82) is 0 Å². The topological polar surface area (TPSA) is 89.1 Å². The van der Waals surface area contributed by atoms with Gasteiger partial charge in [-0.15, -0.1) is 0 Å². The van der Waals surface area contributed by atoms with E-state index in [2.05, 4.69) is 51.7 Å². The van der Waals surface area contributed by atoms with Crippen LogP contribution in [-0.4, -0.2) is 75.3 Å². The monoisotopic (exact) mass is 476 g/mol. The normalized spacial score (nSPS) is 16.6. The number of likely N-dealkylation sites (tertiary alicyclic amines) is 1. The molecule has 0 radical (unpaired) electrons. The van der Waals surface area contributed by atoms with E-state index in [4.69, 9.17) is 15.0 Å². The van der Waals surface area contributed by atoms with Crippen LogP contribution in [0.3, 0.4) is 0 Å². The molecule has 0 saturated carbocycles. The lowest BCUT2D eigenvalue weighted by molar-refractivity contribution is 0.171. The maximum Gasteiger partial charge on any atom is 0.189 e. The number of thiazole rings is 1. The van der Waals surface area contributed by atoms with Crippen LogP contribution in [0.15, 0.2) is 29.5 Å². The van der Waals surface area contributed by atoms with E-state index in [9.17, 15) is 0 Å². The van der Waals surface area contributed by atoms with E-state index in [-0.39, 0.29) is 0 Å². The number of nitrogens with zero attached hydrogens (tertiary/aromatic N) is 6. The molecule has 5 rings (SSSR count). The van der Waals surface area contributed by atoms with E-state index < -0.39 is 0 Å². The van der Waals surface area contributed by atoms with Crippen LogP contribution < -0.4 is 4.90 Å². The number of anilines is 1. The van der Waals surface area contributed by atoms with Crippen LogP contribution in [0.4, 0.5) is 5.13 Å². The standard InChI is InChI=1S/C25H32N8S/c1-6-16(13-26-4)19-14-28-21(20-18(19)7-10-27-20)22-29-23-24(30-22)34-25(31-23)32(5)17-8-11-33(12-9-17)15(2)3/h6-7,10,13-15,17,27H,8-9,11-12H2,1-5H3,(H,29,30)/b16-6+,26-13?. The summed E-state index contributed by atoms with van der Waals surface area (Å²) in [4.78, 5) is 31.3. The van der Waals surface area contributed by atoms with Crippen molar-refractivity contribution in [3.8, 4) is 11.5 Å². The molecule has 9 heteroatoms. The third kappa shape index (κ3) is 4.03. The first-order valence-electron chi connectivity index (χ1n) is 11.9. The lowest BCUT2D eigenvalue weighted by Crippen LogP contribution is -2.45. The minimum atomic E-state index is 0.518. The van der Waals surface area contributed by atoms with Gasteiger partial charge in [0, 0.05) is 68.8 Å². The van der Waals surface area contributed by atoms with Crippen molar-refractivity contribution in [2.75, 3.05) is 32.1 Å². The number of aliphatic imine (C=N–C) groups is 1. The van der Waals surface area contributed by atoms with Gasteiger partial charge in [-0.1, -0.05) is 17.4 Å². The van der Waals surface area contributed by atoms with Gasteiger partial charge in [0.1, 0.15) is 5.69 Å². The molecule has 1 aliphatic heterocycles. The van der Waals surface area contributed by atoms with Gasteiger partial charge in [-0.05, 0) is 45.3 Å². The predicted octanol–water partition coefficient (Wildman–Crippen LogP) is 4.98. The molecule has 4 aromatic heterocycles. The molecule has 8 nitrogen and oxygen atoms in total. The van der Waals surface area contributed by atoms with Crippen LogP contribution in [0.1, 0.15) is 39.2 Å². The van der Waals surface area contributed by atoms with E-state index in [0.29, 0.717) is 12.1 Å². The Labute approximate surface area is 203 Å². The van der Waals surface area contributed by atoms with Crippen molar-refractivity contribution in [2.24, 2.45) is 4.99 Å². The number of hydrogen-bond acceptors (Lipinski definition) is 7. The van der Waals surface area contributed by atoms with E-state index in [0.717, 1.165) is 62.3 Å². The van der Waals surface area contributed by atoms with Gasteiger partial charge in [0.25, 0.3) is 0 Å². The molecule has 0 amide bonds. The quantitative estimate of drug-likeness (QED) is 0.383. The molecule has 0 aromatic carbocycles. The number of imidazole rings is 1. The van der Waals surface area contributed by atoms with Crippen molar-refractivity contribution in [2.45, 2.75) is 45.7 Å². The first-order valence-corrected chi connectivity index (χ1v) is 12.7. The molecule has 0 unspecified atom stereocenters. The molecule has 4 aromatic rings. The summed E-state index contributed by atoms with van der Waals surface area (Å²) in [6.07, 6.45) is 10.1. The Morgan fingerprint density at radius 3 is 2.76 bits per heavy atom. The second-order valence-corrected chi connectivity index (χ2v) is 10.1. The Kier molecular flexibility index (Phi) is 6.22. The molecule has 2 N–H and O–H groups in total. The number of H-pyrrole nitrogens is 2. The van der Waals surface area contributed by atoms with Gasteiger partial charge < -0.3 is 19.8 Å².